The molecule has 0 bridgehead atoms. The van der Waals surface area contributed by atoms with Crippen molar-refractivity contribution >= 4 is 5.97 Å². The number of likely N-dealkylation sites (tertiary alicyclic amines) is 1. The topological polar surface area (TPSA) is 40.5 Å². The third-order valence-electron chi connectivity index (χ3n) is 3.42. The van der Waals surface area contributed by atoms with Gasteiger partial charge in [0.15, 0.2) is 0 Å². The lowest BCUT2D eigenvalue weighted by molar-refractivity contribution is -0.138. The number of rotatable bonds is 4. The molecule has 3 nitrogen and oxygen atoms in total. The van der Waals surface area contributed by atoms with Gasteiger partial charge in [-0.2, -0.15) is 0 Å². The second-order valence-electron chi connectivity index (χ2n) is 6.47. The monoisotopic (exact) mass is 241 g/mol. The highest BCUT2D eigenvalue weighted by molar-refractivity contribution is 5.67. The predicted octanol–water partition coefficient (Wildman–Crippen LogP) is 3.14. The molecule has 1 unspecified atom stereocenters. The number of aliphatic carboxylic acids is 1. The standard InChI is InChI=1S/C14H27NO2/c1-14(2,3)11-12(10-13(16)17)15-8-6-4-5-7-9-15/h12H,4-11H2,1-3H3,(H,16,17). The van der Waals surface area contributed by atoms with Gasteiger partial charge >= 0.3 is 5.97 Å². The maximum Gasteiger partial charge on any atom is 0.304 e. The van der Waals surface area contributed by atoms with Gasteiger partial charge < -0.3 is 5.11 Å². The van der Waals surface area contributed by atoms with Crippen molar-refractivity contribution in [1.29, 1.82) is 0 Å². The van der Waals surface area contributed by atoms with Crippen molar-refractivity contribution in [1.82, 2.24) is 4.90 Å². The minimum absolute atomic E-state index is 0.201. The molecular formula is C14H27NO2. The van der Waals surface area contributed by atoms with Crippen LogP contribution in [0, 0.1) is 5.41 Å². The normalized spacial score (nSPS) is 20.9. The summed E-state index contributed by atoms with van der Waals surface area (Å²) in [6.07, 6.45) is 6.30. The Bertz CT molecular complexity index is 237. The van der Waals surface area contributed by atoms with Gasteiger partial charge in [0.1, 0.15) is 0 Å². The maximum atomic E-state index is 11.0. The van der Waals surface area contributed by atoms with E-state index in [9.17, 15) is 4.79 Å². The molecule has 1 rings (SSSR count). The molecule has 0 aromatic heterocycles. The summed E-state index contributed by atoms with van der Waals surface area (Å²) in [5.41, 5.74) is 0.201. The average Bonchev–Trinajstić information content (AvgIpc) is 2.41. The second-order valence-corrected chi connectivity index (χ2v) is 6.47. The SMILES string of the molecule is CC(C)(C)CC(CC(=O)O)N1CCCCCC1. The molecule has 0 amide bonds. The van der Waals surface area contributed by atoms with E-state index in [0.29, 0.717) is 0 Å². The van der Waals surface area contributed by atoms with Crippen LogP contribution in [-0.2, 0) is 4.79 Å². The summed E-state index contributed by atoms with van der Waals surface area (Å²) in [5.74, 6) is -0.663. The Labute approximate surface area is 105 Å². The molecule has 17 heavy (non-hydrogen) atoms. The highest BCUT2D eigenvalue weighted by Crippen LogP contribution is 2.27. The second kappa shape index (κ2) is 6.39. The van der Waals surface area contributed by atoms with Crippen LogP contribution in [0.2, 0.25) is 0 Å². The zero-order chi connectivity index (χ0) is 12.9. The summed E-state index contributed by atoms with van der Waals surface area (Å²) >= 11 is 0. The Morgan fingerprint density at radius 3 is 2.12 bits per heavy atom. The van der Waals surface area contributed by atoms with Crippen LogP contribution in [0.15, 0.2) is 0 Å². The van der Waals surface area contributed by atoms with Gasteiger partial charge in [-0.15, -0.1) is 0 Å². The molecule has 0 aliphatic carbocycles. The van der Waals surface area contributed by atoms with Crippen LogP contribution in [0.4, 0.5) is 0 Å². The smallest absolute Gasteiger partial charge is 0.304 e. The van der Waals surface area contributed by atoms with E-state index >= 15 is 0 Å². The summed E-state index contributed by atoms with van der Waals surface area (Å²) in [5, 5.41) is 9.06. The van der Waals surface area contributed by atoms with E-state index in [0.717, 1.165) is 19.5 Å². The number of carbonyl (C=O) groups is 1. The molecule has 0 aromatic rings. The van der Waals surface area contributed by atoms with E-state index in [4.69, 9.17) is 5.11 Å². The third kappa shape index (κ3) is 6.06. The van der Waals surface area contributed by atoms with Crippen LogP contribution in [-0.4, -0.2) is 35.1 Å². The fourth-order valence-electron chi connectivity index (χ4n) is 2.70. The van der Waals surface area contributed by atoms with Crippen LogP contribution in [0.3, 0.4) is 0 Å². The molecule has 1 aliphatic rings. The molecule has 1 aliphatic heterocycles. The van der Waals surface area contributed by atoms with E-state index in [1.807, 2.05) is 0 Å². The lowest BCUT2D eigenvalue weighted by atomic mass is 9.86. The van der Waals surface area contributed by atoms with Gasteiger partial charge in [0, 0.05) is 6.04 Å². The largest absolute Gasteiger partial charge is 0.481 e. The molecule has 1 heterocycles. The van der Waals surface area contributed by atoms with E-state index < -0.39 is 5.97 Å². The molecular weight excluding hydrogens is 214 g/mol. The van der Waals surface area contributed by atoms with Gasteiger partial charge in [0.25, 0.3) is 0 Å². The van der Waals surface area contributed by atoms with Crippen molar-refractivity contribution in [2.24, 2.45) is 5.41 Å². The van der Waals surface area contributed by atoms with Crippen molar-refractivity contribution in [2.75, 3.05) is 13.1 Å². The molecule has 0 spiro atoms. The summed E-state index contributed by atoms with van der Waals surface area (Å²) in [6.45, 7) is 8.74. The van der Waals surface area contributed by atoms with Crippen LogP contribution in [0.1, 0.15) is 59.3 Å². The van der Waals surface area contributed by atoms with Gasteiger partial charge in [-0.05, 0) is 37.8 Å². The first kappa shape index (κ1) is 14.5. The molecule has 1 atom stereocenters. The highest BCUT2D eigenvalue weighted by Gasteiger charge is 2.26. The number of nitrogens with zero attached hydrogens (tertiary/aromatic N) is 1. The zero-order valence-electron chi connectivity index (χ0n) is 11.5. The third-order valence-corrected chi connectivity index (χ3v) is 3.42. The van der Waals surface area contributed by atoms with Crippen LogP contribution < -0.4 is 0 Å². The molecule has 100 valence electrons. The molecule has 1 saturated heterocycles. The Hall–Kier alpha value is -0.570. The first-order valence-corrected chi connectivity index (χ1v) is 6.84. The number of carboxylic acids is 1. The van der Waals surface area contributed by atoms with Gasteiger partial charge in [0.05, 0.1) is 6.42 Å². The fourth-order valence-corrected chi connectivity index (χ4v) is 2.70. The Balaban J connectivity index is 2.62. The maximum absolute atomic E-state index is 11.0. The molecule has 3 heteroatoms. The van der Waals surface area contributed by atoms with Crippen molar-refractivity contribution < 1.29 is 9.90 Å². The van der Waals surface area contributed by atoms with Gasteiger partial charge in [0.2, 0.25) is 0 Å². The average molecular weight is 241 g/mol. The molecule has 1 N–H and O–H groups in total. The van der Waals surface area contributed by atoms with E-state index in [2.05, 4.69) is 25.7 Å². The van der Waals surface area contributed by atoms with Gasteiger partial charge in [-0.25, -0.2) is 0 Å². The Morgan fingerprint density at radius 1 is 1.18 bits per heavy atom. The van der Waals surface area contributed by atoms with Crippen molar-refractivity contribution in [3.05, 3.63) is 0 Å². The van der Waals surface area contributed by atoms with Crippen LogP contribution in [0.5, 0.6) is 0 Å². The predicted molar refractivity (Wildman–Crippen MR) is 70.2 cm³/mol. The lowest BCUT2D eigenvalue weighted by Crippen LogP contribution is -2.40. The quantitative estimate of drug-likeness (QED) is 0.822. The Morgan fingerprint density at radius 2 is 1.71 bits per heavy atom. The number of hydrogen-bond donors (Lipinski definition) is 1. The van der Waals surface area contributed by atoms with E-state index in [1.54, 1.807) is 0 Å². The lowest BCUT2D eigenvalue weighted by Gasteiger charge is -2.34. The summed E-state index contributed by atoms with van der Waals surface area (Å²) in [6, 6.07) is 0.214. The molecule has 1 fully saturated rings. The zero-order valence-corrected chi connectivity index (χ0v) is 11.5. The van der Waals surface area contributed by atoms with E-state index in [-0.39, 0.29) is 17.9 Å². The summed E-state index contributed by atoms with van der Waals surface area (Å²) in [4.78, 5) is 13.4. The van der Waals surface area contributed by atoms with Crippen molar-refractivity contribution in [3.63, 3.8) is 0 Å². The first-order valence-electron chi connectivity index (χ1n) is 6.84. The minimum atomic E-state index is -0.663. The summed E-state index contributed by atoms with van der Waals surface area (Å²) in [7, 11) is 0. The first-order chi connectivity index (χ1) is 7.88. The molecule has 0 saturated carbocycles. The molecule has 0 aromatic carbocycles. The highest BCUT2D eigenvalue weighted by atomic mass is 16.4. The summed E-state index contributed by atoms with van der Waals surface area (Å²) < 4.78 is 0. The Kier molecular flexibility index (Phi) is 5.44. The van der Waals surface area contributed by atoms with Crippen LogP contribution >= 0.6 is 0 Å². The molecule has 0 radical (unpaired) electrons. The van der Waals surface area contributed by atoms with Crippen molar-refractivity contribution in [3.8, 4) is 0 Å². The van der Waals surface area contributed by atoms with Crippen molar-refractivity contribution in [2.45, 2.75) is 65.3 Å². The van der Waals surface area contributed by atoms with Gasteiger partial charge in [-0.1, -0.05) is 33.6 Å². The van der Waals surface area contributed by atoms with E-state index in [1.165, 1.54) is 25.7 Å². The number of hydrogen-bond acceptors (Lipinski definition) is 2. The van der Waals surface area contributed by atoms with Crippen LogP contribution in [0.25, 0.3) is 0 Å². The minimum Gasteiger partial charge on any atom is -0.481 e. The number of carboxylic acid groups (broad SMARTS) is 1. The fraction of sp³-hybridized carbons (Fsp3) is 0.929. The van der Waals surface area contributed by atoms with Gasteiger partial charge in [-0.3, -0.25) is 9.69 Å².